The fourth-order valence-electron chi connectivity index (χ4n) is 3.02. The summed E-state index contributed by atoms with van der Waals surface area (Å²) in [5, 5.41) is 8.81. The van der Waals surface area contributed by atoms with E-state index < -0.39 is 32.1 Å². The SMILES string of the molecule is CCCCCCCCC=CCCCCCCCC(=O)C(OP(=O)(O)O)C(=O)CO. The van der Waals surface area contributed by atoms with Gasteiger partial charge in [0, 0.05) is 6.42 Å². The average molecular weight is 435 g/mol. The van der Waals surface area contributed by atoms with Crippen molar-refractivity contribution in [1.82, 2.24) is 0 Å². The predicted octanol–water partition coefficient (Wildman–Crippen LogP) is 4.63. The van der Waals surface area contributed by atoms with Crippen molar-refractivity contribution in [3.8, 4) is 0 Å². The van der Waals surface area contributed by atoms with Gasteiger partial charge in [-0.25, -0.2) is 4.57 Å². The first-order valence-corrected chi connectivity index (χ1v) is 12.4. The van der Waals surface area contributed by atoms with Gasteiger partial charge in [-0.3, -0.25) is 14.1 Å². The number of aliphatic hydroxyl groups excluding tert-OH is 1. The minimum Gasteiger partial charge on any atom is -0.388 e. The lowest BCUT2D eigenvalue weighted by atomic mass is 10.0. The van der Waals surface area contributed by atoms with Crippen molar-refractivity contribution in [2.24, 2.45) is 0 Å². The summed E-state index contributed by atoms with van der Waals surface area (Å²) in [6.07, 6.45) is 17.1. The number of carbonyl (C=O) groups excluding carboxylic acids is 2. The van der Waals surface area contributed by atoms with Gasteiger partial charge < -0.3 is 14.9 Å². The molecule has 0 aliphatic rings. The first kappa shape index (κ1) is 28.1. The van der Waals surface area contributed by atoms with E-state index in [1.165, 1.54) is 38.5 Å². The van der Waals surface area contributed by atoms with Crippen LogP contribution in [0, 0.1) is 0 Å². The summed E-state index contributed by atoms with van der Waals surface area (Å²) in [5.41, 5.74) is 0. The number of aliphatic hydroxyl groups is 1. The monoisotopic (exact) mass is 434 g/mol. The molecule has 7 nitrogen and oxygen atoms in total. The minimum absolute atomic E-state index is 0.00539. The molecule has 0 spiro atoms. The van der Waals surface area contributed by atoms with E-state index >= 15 is 0 Å². The summed E-state index contributed by atoms with van der Waals surface area (Å²) in [7, 11) is -4.98. The van der Waals surface area contributed by atoms with Crippen molar-refractivity contribution in [3.63, 3.8) is 0 Å². The van der Waals surface area contributed by atoms with Gasteiger partial charge in [-0.05, 0) is 32.1 Å². The van der Waals surface area contributed by atoms with E-state index in [1.807, 2.05) is 0 Å². The lowest BCUT2D eigenvalue weighted by Crippen LogP contribution is -2.34. The first-order chi connectivity index (χ1) is 13.8. The Morgan fingerprint density at radius 2 is 1.31 bits per heavy atom. The van der Waals surface area contributed by atoms with Crippen LogP contribution in [-0.2, 0) is 18.7 Å². The predicted molar refractivity (Wildman–Crippen MR) is 113 cm³/mol. The lowest BCUT2D eigenvalue weighted by molar-refractivity contribution is -0.139. The molecule has 29 heavy (non-hydrogen) atoms. The molecule has 0 aromatic carbocycles. The molecule has 0 aromatic heterocycles. The second kappa shape index (κ2) is 18.0. The van der Waals surface area contributed by atoms with Crippen LogP contribution >= 0.6 is 7.82 Å². The highest BCUT2D eigenvalue weighted by Crippen LogP contribution is 2.38. The van der Waals surface area contributed by atoms with Crippen molar-refractivity contribution in [3.05, 3.63) is 12.2 Å². The standard InChI is InChI=1S/C21H39O7P/c1-2-3-4-5-6-7-8-9-10-11-12-13-14-15-16-17-19(23)21(20(24)18-22)28-29(25,26)27/h9-10,21-22H,2-8,11-18H2,1H3,(H2,25,26,27). The van der Waals surface area contributed by atoms with Crippen LogP contribution in [0.15, 0.2) is 12.2 Å². The van der Waals surface area contributed by atoms with Crippen LogP contribution in [0.2, 0.25) is 0 Å². The fraction of sp³-hybridized carbons (Fsp3) is 0.810. The van der Waals surface area contributed by atoms with Gasteiger partial charge >= 0.3 is 7.82 Å². The zero-order valence-electron chi connectivity index (χ0n) is 17.8. The Kier molecular flexibility index (Phi) is 17.4. The molecule has 8 heteroatoms. The van der Waals surface area contributed by atoms with Crippen LogP contribution in [-0.4, -0.2) is 39.2 Å². The molecule has 0 saturated heterocycles. The van der Waals surface area contributed by atoms with Gasteiger partial charge in [0.1, 0.15) is 6.61 Å². The third kappa shape index (κ3) is 17.7. The molecule has 0 amide bonds. The summed E-state index contributed by atoms with van der Waals surface area (Å²) in [6, 6.07) is 0. The lowest BCUT2D eigenvalue weighted by Gasteiger charge is -2.15. The van der Waals surface area contributed by atoms with E-state index in [9.17, 15) is 14.2 Å². The molecule has 0 aromatic rings. The zero-order chi connectivity index (χ0) is 22.0. The van der Waals surface area contributed by atoms with Crippen LogP contribution in [0.3, 0.4) is 0 Å². The summed E-state index contributed by atoms with van der Waals surface area (Å²) in [5.74, 6) is -1.74. The van der Waals surface area contributed by atoms with Crippen LogP contribution in [0.1, 0.15) is 96.8 Å². The van der Waals surface area contributed by atoms with Gasteiger partial charge in [0.05, 0.1) is 0 Å². The summed E-state index contributed by atoms with van der Waals surface area (Å²) < 4.78 is 15.1. The van der Waals surface area contributed by atoms with Crippen molar-refractivity contribution >= 4 is 19.4 Å². The molecule has 170 valence electrons. The maximum atomic E-state index is 11.9. The van der Waals surface area contributed by atoms with Gasteiger partial charge in [-0.15, -0.1) is 0 Å². The molecular formula is C21H39O7P. The molecule has 3 N–H and O–H groups in total. The molecule has 0 fully saturated rings. The smallest absolute Gasteiger partial charge is 0.388 e. The maximum absolute atomic E-state index is 11.9. The Bertz CT molecular complexity index is 513. The topological polar surface area (TPSA) is 121 Å². The first-order valence-electron chi connectivity index (χ1n) is 10.9. The van der Waals surface area contributed by atoms with Crippen LogP contribution in [0.4, 0.5) is 0 Å². The number of Topliss-reactive ketones (excluding diaryl/α,β-unsaturated/α-hetero) is 2. The van der Waals surface area contributed by atoms with Gasteiger partial charge in [-0.1, -0.05) is 70.4 Å². The summed E-state index contributed by atoms with van der Waals surface area (Å²) in [6.45, 7) is 1.23. The molecule has 0 aliphatic carbocycles. The van der Waals surface area contributed by atoms with E-state index in [0.29, 0.717) is 6.42 Å². The molecule has 0 radical (unpaired) electrons. The highest BCUT2D eigenvalue weighted by Gasteiger charge is 2.32. The number of phosphoric ester groups is 1. The van der Waals surface area contributed by atoms with Gasteiger partial charge in [-0.2, -0.15) is 0 Å². The van der Waals surface area contributed by atoms with Gasteiger partial charge in [0.25, 0.3) is 0 Å². The van der Waals surface area contributed by atoms with Gasteiger partial charge in [0.2, 0.25) is 0 Å². The molecule has 0 saturated carbocycles. The summed E-state index contributed by atoms with van der Waals surface area (Å²) in [4.78, 5) is 41.0. The number of ketones is 2. The quantitative estimate of drug-likeness (QED) is 0.110. The molecular weight excluding hydrogens is 395 g/mol. The number of allylic oxidation sites excluding steroid dienone is 2. The molecule has 0 aliphatic heterocycles. The van der Waals surface area contributed by atoms with E-state index in [1.54, 1.807) is 0 Å². The zero-order valence-corrected chi connectivity index (χ0v) is 18.7. The van der Waals surface area contributed by atoms with E-state index in [4.69, 9.17) is 14.9 Å². The van der Waals surface area contributed by atoms with Crippen molar-refractivity contribution < 1.29 is 33.6 Å². The number of hydrogen-bond acceptors (Lipinski definition) is 5. The third-order valence-corrected chi connectivity index (χ3v) is 5.15. The second-order valence-corrected chi connectivity index (χ2v) is 8.59. The third-order valence-electron chi connectivity index (χ3n) is 4.67. The van der Waals surface area contributed by atoms with Crippen molar-refractivity contribution in [2.75, 3.05) is 6.61 Å². The number of hydrogen-bond donors (Lipinski definition) is 3. The molecule has 0 rings (SSSR count). The van der Waals surface area contributed by atoms with Crippen molar-refractivity contribution in [2.45, 2.75) is 103 Å². The van der Waals surface area contributed by atoms with Crippen LogP contribution < -0.4 is 0 Å². The molecule has 0 heterocycles. The van der Waals surface area contributed by atoms with Crippen LogP contribution in [0.25, 0.3) is 0 Å². The van der Waals surface area contributed by atoms with E-state index in [0.717, 1.165) is 38.5 Å². The Hall–Kier alpha value is -0.850. The average Bonchev–Trinajstić information content (AvgIpc) is 2.67. The Balaban J connectivity index is 3.72. The Morgan fingerprint density at radius 1 is 0.828 bits per heavy atom. The number of phosphoric acid groups is 1. The molecule has 1 atom stereocenters. The van der Waals surface area contributed by atoms with E-state index in [-0.39, 0.29) is 6.42 Å². The minimum atomic E-state index is -4.98. The number of unbranched alkanes of at least 4 members (excludes halogenated alkanes) is 11. The highest BCUT2D eigenvalue weighted by atomic mass is 31.2. The van der Waals surface area contributed by atoms with Crippen molar-refractivity contribution in [1.29, 1.82) is 0 Å². The largest absolute Gasteiger partial charge is 0.470 e. The van der Waals surface area contributed by atoms with Crippen LogP contribution in [0.5, 0.6) is 0 Å². The van der Waals surface area contributed by atoms with Gasteiger partial charge in [0.15, 0.2) is 17.7 Å². The molecule has 0 bridgehead atoms. The Morgan fingerprint density at radius 3 is 1.79 bits per heavy atom. The summed E-state index contributed by atoms with van der Waals surface area (Å²) >= 11 is 0. The van der Waals surface area contributed by atoms with E-state index in [2.05, 4.69) is 23.6 Å². The normalized spacial score (nSPS) is 13.1. The second-order valence-electron chi connectivity index (χ2n) is 7.40. The Labute approximate surface area is 175 Å². The number of carbonyl (C=O) groups is 2. The fourth-order valence-corrected chi connectivity index (χ4v) is 3.53. The molecule has 1 unspecified atom stereocenters. The maximum Gasteiger partial charge on any atom is 0.470 e. The highest BCUT2D eigenvalue weighted by molar-refractivity contribution is 7.46. The number of rotatable bonds is 20.